The number of hydrogen-bond donors (Lipinski definition) is 0. The van der Waals surface area contributed by atoms with Crippen molar-refractivity contribution in [3.63, 3.8) is 0 Å². The molecule has 1 aromatic heterocycles. The van der Waals surface area contributed by atoms with Crippen molar-refractivity contribution in [1.82, 2.24) is 4.98 Å². The van der Waals surface area contributed by atoms with E-state index in [1.807, 2.05) is 32.9 Å². The molecule has 112 valence electrons. The molecule has 0 saturated heterocycles. The summed E-state index contributed by atoms with van der Waals surface area (Å²) in [5.41, 5.74) is 1.65. The third-order valence-electron chi connectivity index (χ3n) is 2.78. The zero-order chi connectivity index (χ0) is 15.5. The average molecular weight is 305 g/mol. The highest BCUT2D eigenvalue weighted by Crippen LogP contribution is 2.23. The van der Waals surface area contributed by atoms with Gasteiger partial charge in [-0.05, 0) is 34.7 Å². The van der Waals surface area contributed by atoms with Crippen molar-refractivity contribution in [2.45, 2.75) is 25.7 Å². The molecule has 0 radical (unpaired) electrons. The van der Waals surface area contributed by atoms with E-state index in [1.165, 1.54) is 0 Å². The van der Waals surface area contributed by atoms with E-state index in [1.54, 1.807) is 36.7 Å². The molecule has 0 N–H and O–H groups in total. The summed E-state index contributed by atoms with van der Waals surface area (Å²) in [4.78, 5) is 4.21. The van der Waals surface area contributed by atoms with Crippen molar-refractivity contribution in [1.29, 1.82) is 0 Å². The molecule has 2 aromatic rings. The van der Waals surface area contributed by atoms with Crippen molar-refractivity contribution >= 4 is 10.1 Å². The van der Waals surface area contributed by atoms with Gasteiger partial charge in [-0.25, -0.2) is 0 Å². The number of rotatable bonds is 4. The lowest BCUT2D eigenvalue weighted by Gasteiger charge is -2.17. The van der Waals surface area contributed by atoms with Gasteiger partial charge in [0.25, 0.3) is 10.1 Å². The Morgan fingerprint density at radius 2 is 1.71 bits per heavy atom. The van der Waals surface area contributed by atoms with Gasteiger partial charge in [0.05, 0.1) is 11.5 Å². The van der Waals surface area contributed by atoms with Crippen LogP contribution in [-0.4, -0.2) is 20.0 Å². The predicted octanol–water partition coefficient (Wildman–Crippen LogP) is 3.50. The minimum absolute atomic E-state index is 0.152. The van der Waals surface area contributed by atoms with Crippen LogP contribution in [0.2, 0.25) is 0 Å². The van der Waals surface area contributed by atoms with Gasteiger partial charge in [-0.15, -0.1) is 0 Å². The summed E-state index contributed by atoms with van der Waals surface area (Å²) < 4.78 is 29.3. The lowest BCUT2D eigenvalue weighted by molar-refractivity contribution is 0.203. The third kappa shape index (κ3) is 4.37. The van der Waals surface area contributed by atoms with Gasteiger partial charge in [0.15, 0.2) is 0 Å². The highest BCUT2D eigenvalue weighted by atomic mass is 32.2. The van der Waals surface area contributed by atoms with Gasteiger partial charge in [-0.1, -0.05) is 39.0 Å². The van der Waals surface area contributed by atoms with Crippen molar-refractivity contribution in [3.05, 3.63) is 48.8 Å². The van der Waals surface area contributed by atoms with Crippen LogP contribution in [0.4, 0.5) is 0 Å². The summed E-state index contributed by atoms with van der Waals surface area (Å²) in [6.07, 6.45) is 3.43. The van der Waals surface area contributed by atoms with E-state index < -0.39 is 10.1 Å². The SMILES string of the molecule is CC(C)(C)COS(=O)(=O)c1ccc(-c2cccnc2)cc1. The fourth-order valence-electron chi connectivity index (χ4n) is 1.67. The molecule has 4 nitrogen and oxygen atoms in total. The Bertz CT molecular complexity index is 687. The number of pyridine rings is 1. The minimum Gasteiger partial charge on any atom is -0.266 e. The maximum atomic E-state index is 12.1. The largest absolute Gasteiger partial charge is 0.296 e. The third-order valence-corrected chi connectivity index (χ3v) is 4.06. The molecule has 0 amide bonds. The molecule has 0 saturated carbocycles. The molecule has 2 rings (SSSR count). The Labute approximate surface area is 125 Å². The molecule has 21 heavy (non-hydrogen) atoms. The fraction of sp³-hybridized carbons (Fsp3) is 0.312. The second-order valence-electron chi connectivity index (χ2n) is 6.04. The zero-order valence-electron chi connectivity index (χ0n) is 12.4. The van der Waals surface area contributed by atoms with E-state index >= 15 is 0 Å². The van der Waals surface area contributed by atoms with E-state index in [4.69, 9.17) is 4.18 Å². The van der Waals surface area contributed by atoms with Crippen LogP contribution in [0, 0.1) is 5.41 Å². The summed E-state index contributed by atoms with van der Waals surface area (Å²) >= 11 is 0. The van der Waals surface area contributed by atoms with Gasteiger partial charge in [0.2, 0.25) is 0 Å². The van der Waals surface area contributed by atoms with Crippen molar-refractivity contribution in [2.24, 2.45) is 5.41 Å². The van der Waals surface area contributed by atoms with Crippen LogP contribution < -0.4 is 0 Å². The van der Waals surface area contributed by atoms with Crippen molar-refractivity contribution in [3.8, 4) is 11.1 Å². The fourth-order valence-corrected chi connectivity index (χ4v) is 2.78. The quantitative estimate of drug-likeness (QED) is 0.811. The van der Waals surface area contributed by atoms with Crippen LogP contribution in [0.3, 0.4) is 0 Å². The average Bonchev–Trinajstić information content (AvgIpc) is 2.46. The molecule has 5 heteroatoms. The first-order valence-electron chi connectivity index (χ1n) is 6.68. The number of benzene rings is 1. The Balaban J connectivity index is 2.19. The van der Waals surface area contributed by atoms with Gasteiger partial charge in [-0.2, -0.15) is 8.42 Å². The second kappa shape index (κ2) is 5.95. The van der Waals surface area contributed by atoms with Crippen LogP contribution in [-0.2, 0) is 14.3 Å². The number of aromatic nitrogens is 1. The molecule has 0 spiro atoms. The van der Waals surface area contributed by atoms with Crippen LogP contribution in [0.5, 0.6) is 0 Å². The molecule has 0 aliphatic carbocycles. The van der Waals surface area contributed by atoms with Crippen LogP contribution in [0.15, 0.2) is 53.7 Å². The summed E-state index contributed by atoms with van der Waals surface area (Å²) in [5.74, 6) is 0. The van der Waals surface area contributed by atoms with Gasteiger partial charge in [0.1, 0.15) is 0 Å². The standard InChI is InChI=1S/C16H19NO3S/c1-16(2,3)12-20-21(18,19)15-8-6-13(7-9-15)14-5-4-10-17-11-14/h4-11H,12H2,1-3H3. The first kappa shape index (κ1) is 15.7. The summed E-state index contributed by atoms with van der Waals surface area (Å²) in [6, 6.07) is 10.4. The second-order valence-corrected chi connectivity index (χ2v) is 7.66. The maximum Gasteiger partial charge on any atom is 0.296 e. The van der Waals surface area contributed by atoms with Crippen LogP contribution in [0.1, 0.15) is 20.8 Å². The Kier molecular flexibility index (Phi) is 4.44. The van der Waals surface area contributed by atoms with Gasteiger partial charge in [-0.3, -0.25) is 9.17 Å². The lowest BCUT2D eigenvalue weighted by Crippen LogP contribution is -2.18. The minimum atomic E-state index is -3.71. The van der Waals surface area contributed by atoms with E-state index in [-0.39, 0.29) is 16.9 Å². The van der Waals surface area contributed by atoms with Gasteiger partial charge in [0, 0.05) is 12.4 Å². The maximum absolute atomic E-state index is 12.1. The van der Waals surface area contributed by atoms with Crippen LogP contribution >= 0.6 is 0 Å². The molecule has 0 atom stereocenters. The number of hydrogen-bond acceptors (Lipinski definition) is 4. The molecule has 0 aliphatic rings. The van der Waals surface area contributed by atoms with E-state index in [0.29, 0.717) is 0 Å². The molecular weight excluding hydrogens is 286 g/mol. The molecule has 0 fully saturated rings. The molecular formula is C16H19NO3S. The summed E-state index contributed by atoms with van der Waals surface area (Å²) in [5, 5.41) is 0. The molecule has 0 bridgehead atoms. The van der Waals surface area contributed by atoms with E-state index in [2.05, 4.69) is 4.98 Å². The highest BCUT2D eigenvalue weighted by Gasteiger charge is 2.20. The predicted molar refractivity (Wildman–Crippen MR) is 82.3 cm³/mol. The summed E-state index contributed by atoms with van der Waals surface area (Å²) in [6.45, 7) is 5.93. The van der Waals surface area contributed by atoms with Crippen molar-refractivity contribution in [2.75, 3.05) is 6.61 Å². The van der Waals surface area contributed by atoms with Crippen molar-refractivity contribution < 1.29 is 12.6 Å². The Hall–Kier alpha value is -1.72. The Morgan fingerprint density at radius 1 is 1.05 bits per heavy atom. The topological polar surface area (TPSA) is 56.3 Å². The lowest BCUT2D eigenvalue weighted by atomic mass is 9.99. The monoisotopic (exact) mass is 305 g/mol. The molecule has 1 heterocycles. The smallest absolute Gasteiger partial charge is 0.266 e. The first-order chi connectivity index (χ1) is 9.78. The zero-order valence-corrected chi connectivity index (χ0v) is 13.2. The van der Waals surface area contributed by atoms with E-state index in [9.17, 15) is 8.42 Å². The molecule has 1 aromatic carbocycles. The van der Waals surface area contributed by atoms with E-state index in [0.717, 1.165) is 11.1 Å². The summed E-state index contributed by atoms with van der Waals surface area (Å²) in [7, 11) is -3.71. The molecule has 0 aliphatic heterocycles. The normalized spacial score (nSPS) is 12.3. The highest BCUT2D eigenvalue weighted by molar-refractivity contribution is 7.86. The van der Waals surface area contributed by atoms with Crippen LogP contribution in [0.25, 0.3) is 11.1 Å². The number of nitrogens with zero attached hydrogens (tertiary/aromatic N) is 1. The first-order valence-corrected chi connectivity index (χ1v) is 8.09. The molecule has 0 unspecified atom stereocenters. The van der Waals surface area contributed by atoms with Gasteiger partial charge >= 0.3 is 0 Å². The van der Waals surface area contributed by atoms with Gasteiger partial charge < -0.3 is 0 Å². The Morgan fingerprint density at radius 3 is 2.24 bits per heavy atom.